The van der Waals surface area contributed by atoms with E-state index in [1.54, 1.807) is 14.2 Å². The van der Waals surface area contributed by atoms with E-state index < -0.39 is 0 Å². The summed E-state index contributed by atoms with van der Waals surface area (Å²) >= 11 is 0. The van der Waals surface area contributed by atoms with Crippen LogP contribution in [0.3, 0.4) is 0 Å². The molecule has 16 heavy (non-hydrogen) atoms. The van der Waals surface area contributed by atoms with Gasteiger partial charge in [0.2, 0.25) is 0 Å². The third-order valence-corrected chi connectivity index (χ3v) is 2.98. The van der Waals surface area contributed by atoms with Gasteiger partial charge in [0.25, 0.3) is 0 Å². The summed E-state index contributed by atoms with van der Waals surface area (Å²) in [7, 11) is 5.31. The topological polar surface area (TPSA) is 30.5 Å². The zero-order valence-corrected chi connectivity index (χ0v) is 10.8. The highest BCUT2D eigenvalue weighted by Crippen LogP contribution is 2.35. The standard InChI is InChI=1S/C13H21NO2/c1-9-10(2)13(16-5)12(15-4)8-11(9)6-7-14-3/h8,14H,6-7H2,1-5H3. The summed E-state index contributed by atoms with van der Waals surface area (Å²) in [5.74, 6) is 1.66. The van der Waals surface area contributed by atoms with E-state index in [1.165, 1.54) is 11.1 Å². The maximum absolute atomic E-state index is 5.37. The summed E-state index contributed by atoms with van der Waals surface area (Å²) in [4.78, 5) is 0. The first kappa shape index (κ1) is 12.8. The van der Waals surface area contributed by atoms with Gasteiger partial charge >= 0.3 is 0 Å². The molecule has 0 spiro atoms. The summed E-state index contributed by atoms with van der Waals surface area (Å²) in [5.41, 5.74) is 3.75. The molecular weight excluding hydrogens is 202 g/mol. The molecule has 0 radical (unpaired) electrons. The number of rotatable bonds is 5. The third kappa shape index (κ3) is 2.47. The van der Waals surface area contributed by atoms with Gasteiger partial charge in [0, 0.05) is 0 Å². The lowest BCUT2D eigenvalue weighted by molar-refractivity contribution is 0.352. The first-order valence-corrected chi connectivity index (χ1v) is 5.51. The van der Waals surface area contributed by atoms with Crippen molar-refractivity contribution in [3.05, 3.63) is 22.8 Å². The van der Waals surface area contributed by atoms with E-state index in [9.17, 15) is 0 Å². The highest BCUT2D eigenvalue weighted by Gasteiger charge is 2.13. The lowest BCUT2D eigenvalue weighted by Crippen LogP contribution is -2.11. The number of hydrogen-bond acceptors (Lipinski definition) is 3. The van der Waals surface area contributed by atoms with Gasteiger partial charge in [0.15, 0.2) is 11.5 Å². The predicted molar refractivity (Wildman–Crippen MR) is 66.7 cm³/mol. The average molecular weight is 223 g/mol. The Bertz CT molecular complexity index is 361. The summed E-state index contributed by atoms with van der Waals surface area (Å²) in [5, 5.41) is 3.16. The average Bonchev–Trinajstić information content (AvgIpc) is 2.30. The van der Waals surface area contributed by atoms with Crippen LogP contribution < -0.4 is 14.8 Å². The van der Waals surface area contributed by atoms with Crippen molar-refractivity contribution in [2.45, 2.75) is 20.3 Å². The van der Waals surface area contributed by atoms with E-state index in [1.807, 2.05) is 7.05 Å². The maximum atomic E-state index is 5.37. The van der Waals surface area contributed by atoms with Crippen LogP contribution in [0.2, 0.25) is 0 Å². The quantitative estimate of drug-likeness (QED) is 0.829. The van der Waals surface area contributed by atoms with Crippen molar-refractivity contribution in [1.29, 1.82) is 0 Å². The fraction of sp³-hybridized carbons (Fsp3) is 0.538. The molecule has 0 bridgehead atoms. The molecule has 1 rings (SSSR count). The van der Waals surface area contributed by atoms with Crippen molar-refractivity contribution in [3.8, 4) is 11.5 Å². The molecule has 0 saturated carbocycles. The Labute approximate surface area is 97.8 Å². The zero-order valence-electron chi connectivity index (χ0n) is 10.8. The molecule has 0 unspecified atom stereocenters. The van der Waals surface area contributed by atoms with E-state index in [4.69, 9.17) is 9.47 Å². The van der Waals surface area contributed by atoms with Crippen LogP contribution in [-0.2, 0) is 6.42 Å². The van der Waals surface area contributed by atoms with Gasteiger partial charge in [-0.1, -0.05) is 0 Å². The first-order valence-electron chi connectivity index (χ1n) is 5.51. The Hall–Kier alpha value is -1.22. The van der Waals surface area contributed by atoms with E-state index in [0.29, 0.717) is 0 Å². The van der Waals surface area contributed by atoms with Crippen LogP contribution in [0.4, 0.5) is 0 Å². The van der Waals surface area contributed by atoms with Gasteiger partial charge < -0.3 is 14.8 Å². The molecule has 1 aromatic carbocycles. The van der Waals surface area contributed by atoms with E-state index in [-0.39, 0.29) is 0 Å². The van der Waals surface area contributed by atoms with Gasteiger partial charge in [-0.05, 0) is 56.6 Å². The van der Waals surface area contributed by atoms with Crippen LogP contribution in [-0.4, -0.2) is 27.8 Å². The first-order chi connectivity index (χ1) is 7.65. The van der Waals surface area contributed by atoms with Crippen LogP contribution in [0.1, 0.15) is 16.7 Å². The predicted octanol–water partition coefficient (Wildman–Crippen LogP) is 2.08. The molecule has 0 aliphatic rings. The molecule has 0 amide bonds. The zero-order chi connectivity index (χ0) is 12.1. The lowest BCUT2D eigenvalue weighted by atomic mass is 9.99. The molecule has 1 N–H and O–H groups in total. The largest absolute Gasteiger partial charge is 0.493 e. The Morgan fingerprint density at radius 3 is 2.31 bits per heavy atom. The fourth-order valence-electron chi connectivity index (χ4n) is 1.85. The van der Waals surface area contributed by atoms with Crippen molar-refractivity contribution >= 4 is 0 Å². The monoisotopic (exact) mass is 223 g/mol. The van der Waals surface area contributed by atoms with Crippen molar-refractivity contribution in [2.24, 2.45) is 0 Å². The number of benzene rings is 1. The lowest BCUT2D eigenvalue weighted by Gasteiger charge is -2.16. The van der Waals surface area contributed by atoms with Gasteiger partial charge in [-0.25, -0.2) is 0 Å². The van der Waals surface area contributed by atoms with Crippen LogP contribution >= 0.6 is 0 Å². The number of nitrogens with one attached hydrogen (secondary N) is 1. The Kier molecular flexibility index (Phi) is 4.62. The molecule has 0 aromatic heterocycles. The van der Waals surface area contributed by atoms with Gasteiger partial charge in [0.1, 0.15) is 0 Å². The van der Waals surface area contributed by atoms with Gasteiger partial charge in [-0.15, -0.1) is 0 Å². The van der Waals surface area contributed by atoms with E-state index in [0.717, 1.165) is 30.0 Å². The second-order valence-electron chi connectivity index (χ2n) is 3.87. The maximum Gasteiger partial charge on any atom is 0.163 e. The van der Waals surface area contributed by atoms with Crippen molar-refractivity contribution < 1.29 is 9.47 Å². The molecule has 0 heterocycles. The Balaban J connectivity index is 3.16. The molecule has 1 aromatic rings. The molecule has 0 saturated heterocycles. The van der Waals surface area contributed by atoms with Gasteiger partial charge in [-0.2, -0.15) is 0 Å². The molecule has 90 valence electrons. The molecule has 0 atom stereocenters. The smallest absolute Gasteiger partial charge is 0.163 e. The molecule has 0 fully saturated rings. The molecule has 3 heteroatoms. The minimum atomic E-state index is 0.816. The SMILES string of the molecule is CNCCc1cc(OC)c(OC)c(C)c1C. The van der Waals surface area contributed by atoms with E-state index >= 15 is 0 Å². The summed E-state index contributed by atoms with van der Waals surface area (Å²) in [6, 6.07) is 2.07. The normalized spacial score (nSPS) is 10.3. The van der Waals surface area contributed by atoms with Crippen LogP contribution in [0.15, 0.2) is 6.07 Å². The number of ether oxygens (including phenoxy) is 2. The van der Waals surface area contributed by atoms with Gasteiger partial charge in [0.05, 0.1) is 14.2 Å². The van der Waals surface area contributed by atoms with Crippen molar-refractivity contribution in [2.75, 3.05) is 27.8 Å². The van der Waals surface area contributed by atoms with Crippen molar-refractivity contribution in [3.63, 3.8) is 0 Å². The minimum absolute atomic E-state index is 0.816. The molecule has 3 nitrogen and oxygen atoms in total. The molecular formula is C13H21NO2. The van der Waals surface area contributed by atoms with Crippen LogP contribution in [0, 0.1) is 13.8 Å². The summed E-state index contributed by atoms with van der Waals surface area (Å²) in [6.45, 7) is 5.16. The molecule has 0 aliphatic carbocycles. The minimum Gasteiger partial charge on any atom is -0.493 e. The van der Waals surface area contributed by atoms with Crippen molar-refractivity contribution in [1.82, 2.24) is 5.32 Å². The number of hydrogen-bond donors (Lipinski definition) is 1. The van der Waals surface area contributed by atoms with Crippen LogP contribution in [0.25, 0.3) is 0 Å². The van der Waals surface area contributed by atoms with Gasteiger partial charge in [-0.3, -0.25) is 0 Å². The van der Waals surface area contributed by atoms with E-state index in [2.05, 4.69) is 25.2 Å². The molecule has 0 aliphatic heterocycles. The fourth-order valence-corrected chi connectivity index (χ4v) is 1.85. The highest BCUT2D eigenvalue weighted by atomic mass is 16.5. The number of likely N-dealkylation sites (N-methyl/N-ethyl adjacent to an activating group) is 1. The second-order valence-corrected chi connectivity index (χ2v) is 3.87. The summed E-state index contributed by atoms with van der Waals surface area (Å²) < 4.78 is 10.7. The second kappa shape index (κ2) is 5.75. The number of methoxy groups -OCH3 is 2. The Morgan fingerprint density at radius 1 is 1.12 bits per heavy atom. The third-order valence-electron chi connectivity index (χ3n) is 2.98. The summed E-state index contributed by atoms with van der Waals surface area (Å²) in [6.07, 6.45) is 1.00. The van der Waals surface area contributed by atoms with Crippen LogP contribution in [0.5, 0.6) is 11.5 Å². The highest BCUT2D eigenvalue weighted by molar-refractivity contribution is 5.53. The Morgan fingerprint density at radius 2 is 1.81 bits per heavy atom.